The Balaban J connectivity index is 2.34. The van der Waals surface area contributed by atoms with Crippen LogP contribution in [-0.4, -0.2) is 48.2 Å². The normalized spacial score (nSPS) is 25.6. The van der Waals surface area contributed by atoms with Crippen molar-refractivity contribution in [3.05, 3.63) is 27.7 Å². The summed E-state index contributed by atoms with van der Waals surface area (Å²) in [4.78, 5) is 0.0695. The Morgan fingerprint density at radius 3 is 2.33 bits per heavy atom. The molecule has 1 saturated heterocycles. The Bertz CT molecular complexity index is 555. The standard InChI is InChI=1S/C10H11BrClNO4S/c11-7-3-6(1-2-8(7)12)18(16,17)13-4-9(14)10(15)5-13/h1-3,9-10,14-15H,4-5H2. The second kappa shape index (κ2) is 5.07. The number of aliphatic hydroxyl groups excluding tert-OH is 2. The summed E-state index contributed by atoms with van der Waals surface area (Å²) in [6, 6.07) is 4.26. The van der Waals surface area contributed by atoms with Crippen molar-refractivity contribution in [2.75, 3.05) is 13.1 Å². The van der Waals surface area contributed by atoms with E-state index < -0.39 is 22.2 Å². The maximum atomic E-state index is 12.2. The molecule has 1 aliphatic heterocycles. The molecule has 1 aromatic rings. The van der Waals surface area contributed by atoms with Crippen LogP contribution in [0.1, 0.15) is 0 Å². The minimum absolute atomic E-state index is 0.0695. The van der Waals surface area contributed by atoms with Gasteiger partial charge in [0, 0.05) is 17.6 Å². The molecule has 0 radical (unpaired) electrons. The summed E-state index contributed by atoms with van der Waals surface area (Å²) in [5.41, 5.74) is 0. The number of hydrogen-bond donors (Lipinski definition) is 2. The van der Waals surface area contributed by atoms with Crippen LogP contribution in [0.15, 0.2) is 27.6 Å². The lowest BCUT2D eigenvalue weighted by molar-refractivity contribution is 0.0572. The van der Waals surface area contributed by atoms with Gasteiger partial charge >= 0.3 is 0 Å². The van der Waals surface area contributed by atoms with Gasteiger partial charge in [0.05, 0.1) is 22.1 Å². The number of rotatable bonds is 2. The van der Waals surface area contributed by atoms with Gasteiger partial charge < -0.3 is 10.2 Å². The number of nitrogens with zero attached hydrogens (tertiary/aromatic N) is 1. The van der Waals surface area contributed by atoms with Crippen LogP contribution in [0.2, 0.25) is 5.02 Å². The summed E-state index contributed by atoms with van der Waals surface area (Å²) >= 11 is 8.96. The smallest absolute Gasteiger partial charge is 0.243 e. The van der Waals surface area contributed by atoms with E-state index >= 15 is 0 Å². The molecule has 2 atom stereocenters. The van der Waals surface area contributed by atoms with Crippen molar-refractivity contribution in [3.8, 4) is 0 Å². The maximum Gasteiger partial charge on any atom is 0.243 e. The zero-order valence-electron chi connectivity index (χ0n) is 9.12. The van der Waals surface area contributed by atoms with Gasteiger partial charge in [-0.15, -0.1) is 0 Å². The summed E-state index contributed by atoms with van der Waals surface area (Å²) in [5.74, 6) is 0. The fourth-order valence-corrected chi connectivity index (χ4v) is 3.87. The van der Waals surface area contributed by atoms with Crippen LogP contribution in [0.3, 0.4) is 0 Å². The van der Waals surface area contributed by atoms with E-state index in [9.17, 15) is 18.6 Å². The van der Waals surface area contributed by atoms with Gasteiger partial charge in [0.1, 0.15) is 0 Å². The van der Waals surface area contributed by atoms with E-state index in [4.69, 9.17) is 11.6 Å². The molecule has 1 fully saturated rings. The lowest BCUT2D eigenvalue weighted by Crippen LogP contribution is -2.30. The summed E-state index contributed by atoms with van der Waals surface area (Å²) in [6.45, 7) is -0.215. The first kappa shape index (κ1) is 14.2. The van der Waals surface area contributed by atoms with E-state index in [1.807, 2.05) is 0 Å². The van der Waals surface area contributed by atoms with Crippen LogP contribution in [0.5, 0.6) is 0 Å². The van der Waals surface area contributed by atoms with E-state index in [1.54, 1.807) is 0 Å². The minimum atomic E-state index is -3.72. The molecule has 0 aliphatic carbocycles. The second-order valence-corrected chi connectivity index (χ2v) is 7.23. The second-order valence-electron chi connectivity index (χ2n) is 4.03. The number of benzene rings is 1. The van der Waals surface area contributed by atoms with Gasteiger partial charge in [-0.2, -0.15) is 4.31 Å². The maximum absolute atomic E-state index is 12.2. The summed E-state index contributed by atoms with van der Waals surface area (Å²) in [5, 5.41) is 19.2. The molecular formula is C10H11BrClNO4S. The van der Waals surface area contributed by atoms with Gasteiger partial charge in [-0.25, -0.2) is 8.42 Å². The van der Waals surface area contributed by atoms with Crippen LogP contribution in [0, 0.1) is 0 Å². The summed E-state index contributed by atoms with van der Waals surface area (Å²) in [6.07, 6.45) is -2.09. The first-order valence-electron chi connectivity index (χ1n) is 5.13. The van der Waals surface area contributed by atoms with Gasteiger partial charge in [0.25, 0.3) is 0 Å². The average molecular weight is 357 g/mol. The van der Waals surface area contributed by atoms with Crippen LogP contribution >= 0.6 is 27.5 Å². The zero-order valence-corrected chi connectivity index (χ0v) is 12.3. The highest BCUT2D eigenvalue weighted by Crippen LogP contribution is 2.28. The molecule has 1 heterocycles. The summed E-state index contributed by atoms with van der Waals surface area (Å²) in [7, 11) is -3.72. The molecule has 1 aromatic carbocycles. The largest absolute Gasteiger partial charge is 0.389 e. The molecule has 1 aliphatic rings. The number of β-amino-alcohol motifs (C(OH)–C–C–N with tert-alkyl or cyclic N) is 2. The van der Waals surface area contributed by atoms with E-state index in [2.05, 4.69) is 15.9 Å². The first-order valence-corrected chi connectivity index (χ1v) is 7.75. The molecule has 2 N–H and O–H groups in total. The Morgan fingerprint density at radius 2 is 1.83 bits per heavy atom. The zero-order chi connectivity index (χ0) is 13.5. The quantitative estimate of drug-likeness (QED) is 0.823. The van der Waals surface area contributed by atoms with E-state index in [1.165, 1.54) is 18.2 Å². The molecule has 2 rings (SSSR count). The van der Waals surface area contributed by atoms with Crippen molar-refractivity contribution in [3.63, 3.8) is 0 Å². The van der Waals surface area contributed by atoms with Crippen molar-refractivity contribution in [2.45, 2.75) is 17.1 Å². The number of aliphatic hydroxyl groups is 2. The van der Waals surface area contributed by atoms with E-state index in [-0.39, 0.29) is 18.0 Å². The number of sulfonamides is 1. The third-order valence-corrected chi connectivity index (χ3v) is 5.80. The number of halogens is 2. The van der Waals surface area contributed by atoms with Gasteiger partial charge in [-0.3, -0.25) is 0 Å². The van der Waals surface area contributed by atoms with Crippen molar-refractivity contribution in [1.82, 2.24) is 4.31 Å². The molecule has 0 amide bonds. The highest BCUT2D eigenvalue weighted by atomic mass is 79.9. The van der Waals surface area contributed by atoms with Gasteiger partial charge in [-0.05, 0) is 34.1 Å². The van der Waals surface area contributed by atoms with Crippen LogP contribution in [0.25, 0.3) is 0 Å². The highest BCUT2D eigenvalue weighted by molar-refractivity contribution is 9.10. The van der Waals surface area contributed by atoms with Crippen molar-refractivity contribution in [1.29, 1.82) is 0 Å². The predicted octanol–water partition coefficient (Wildman–Crippen LogP) is 0.829. The first-order chi connectivity index (χ1) is 8.32. The van der Waals surface area contributed by atoms with Crippen LogP contribution < -0.4 is 0 Å². The Labute approximate surface area is 118 Å². The van der Waals surface area contributed by atoms with Crippen LogP contribution in [0.4, 0.5) is 0 Å². The fraction of sp³-hybridized carbons (Fsp3) is 0.400. The fourth-order valence-electron chi connectivity index (χ4n) is 1.72. The molecular weight excluding hydrogens is 346 g/mol. The van der Waals surface area contributed by atoms with Crippen molar-refractivity contribution in [2.24, 2.45) is 0 Å². The molecule has 0 saturated carbocycles. The lowest BCUT2D eigenvalue weighted by atomic mass is 10.3. The minimum Gasteiger partial charge on any atom is -0.389 e. The number of hydrogen-bond acceptors (Lipinski definition) is 4. The third kappa shape index (κ3) is 2.56. The SMILES string of the molecule is O=S(=O)(c1ccc(Cl)c(Br)c1)N1CC(O)C(O)C1. The monoisotopic (exact) mass is 355 g/mol. The highest BCUT2D eigenvalue weighted by Gasteiger charge is 2.37. The van der Waals surface area contributed by atoms with Crippen molar-refractivity contribution < 1.29 is 18.6 Å². The Hall–Kier alpha value is -0.180. The van der Waals surface area contributed by atoms with E-state index in [0.29, 0.717) is 9.50 Å². The molecule has 5 nitrogen and oxygen atoms in total. The average Bonchev–Trinajstić information content (AvgIpc) is 2.64. The lowest BCUT2D eigenvalue weighted by Gasteiger charge is -2.15. The molecule has 18 heavy (non-hydrogen) atoms. The Kier molecular flexibility index (Phi) is 4.01. The van der Waals surface area contributed by atoms with Gasteiger partial charge in [-0.1, -0.05) is 11.6 Å². The van der Waals surface area contributed by atoms with Gasteiger partial charge in [0.2, 0.25) is 10.0 Å². The summed E-state index contributed by atoms with van der Waals surface area (Å²) < 4.78 is 26.0. The van der Waals surface area contributed by atoms with Crippen LogP contribution in [-0.2, 0) is 10.0 Å². The third-order valence-electron chi connectivity index (χ3n) is 2.75. The molecule has 0 bridgehead atoms. The topological polar surface area (TPSA) is 77.8 Å². The van der Waals surface area contributed by atoms with Gasteiger partial charge in [0.15, 0.2) is 0 Å². The van der Waals surface area contributed by atoms with Crippen molar-refractivity contribution >= 4 is 37.6 Å². The van der Waals surface area contributed by atoms with E-state index in [0.717, 1.165) is 4.31 Å². The molecule has 0 spiro atoms. The molecule has 0 aromatic heterocycles. The molecule has 2 unspecified atom stereocenters. The predicted molar refractivity (Wildman–Crippen MR) is 69.9 cm³/mol. The Morgan fingerprint density at radius 1 is 1.28 bits per heavy atom. The molecule has 8 heteroatoms. The molecule has 100 valence electrons.